The summed E-state index contributed by atoms with van der Waals surface area (Å²) in [5.74, 6) is -1.30. The summed E-state index contributed by atoms with van der Waals surface area (Å²) in [6.07, 6.45) is 17.8. The molecule has 0 spiro atoms. The van der Waals surface area contributed by atoms with Crippen LogP contribution in [0.5, 0.6) is 0 Å². The van der Waals surface area contributed by atoms with Crippen LogP contribution < -0.4 is 0 Å². The van der Waals surface area contributed by atoms with Crippen LogP contribution in [0.2, 0.25) is 0 Å². The summed E-state index contributed by atoms with van der Waals surface area (Å²) in [6.45, 7) is 27.1. The predicted octanol–water partition coefficient (Wildman–Crippen LogP) is 11.1. The van der Waals surface area contributed by atoms with Crippen molar-refractivity contribution in [2.45, 2.75) is 257 Å². The van der Waals surface area contributed by atoms with Gasteiger partial charge in [-0.25, -0.2) is 0 Å². The number of unbranched alkanes of at least 4 members (excludes halogenated alkanes) is 9. The maximum atomic E-state index is 13.6. The minimum Gasteiger partial charge on any atom is -0.481 e. The number of nitrogens with zero attached hydrogens (tertiary/aromatic N) is 3. The first kappa shape index (κ1) is 55.9. The van der Waals surface area contributed by atoms with Crippen LogP contribution in [0.1, 0.15) is 218 Å². The molecule has 0 aromatic rings. The molecule has 0 atom stereocenters. The Labute approximate surface area is 379 Å². The Morgan fingerprint density at radius 3 is 1.13 bits per heavy atom. The molecule has 0 bridgehead atoms. The number of rotatable bonds is 21. The first-order chi connectivity index (χ1) is 28.4. The lowest BCUT2D eigenvalue weighted by atomic mass is 9.52. The van der Waals surface area contributed by atoms with Crippen LogP contribution in [0.4, 0.5) is 0 Å². The molecule has 0 saturated carbocycles. The number of carboxylic acids is 2. The molecule has 0 unspecified atom stereocenters. The summed E-state index contributed by atoms with van der Waals surface area (Å²) in [5.41, 5.74) is -0.956. The highest BCUT2D eigenvalue weighted by molar-refractivity contribution is 5.76. The highest BCUT2D eigenvalue weighted by Gasteiger charge is 2.60. The summed E-state index contributed by atoms with van der Waals surface area (Å²) in [4.78, 5) is 54.9. The van der Waals surface area contributed by atoms with E-state index in [1.807, 2.05) is 0 Å². The zero-order valence-electron chi connectivity index (χ0n) is 42.8. The van der Waals surface area contributed by atoms with Gasteiger partial charge in [0.2, 0.25) is 0 Å². The first-order valence-electron chi connectivity index (χ1n) is 24.3. The SMILES string of the molecule is CN1C(C)(C)CC(C(CCCCCCCC(=O)O)(C(=O)O)C2CC(C)(C)N(C)C(C)(C)C2)CC1(C)C.COC(=O)CCCCCCCCC(=O)OC1CC(C)(C)N(C)C(C)(C)C1. The van der Waals surface area contributed by atoms with E-state index in [2.05, 4.69) is 124 Å². The van der Waals surface area contributed by atoms with Crippen molar-refractivity contribution in [2.24, 2.45) is 17.3 Å². The van der Waals surface area contributed by atoms with E-state index in [-0.39, 0.29) is 69.5 Å². The number of esters is 2. The van der Waals surface area contributed by atoms with Crippen LogP contribution in [0, 0.1) is 17.3 Å². The number of likely N-dealkylation sites (tertiary alicyclic amines) is 3. The standard InChI is InChI=1S/C30H56N2O4.C21H39NO4/c1-26(2)18-22(19-27(3,4)31(26)9)30(25(35)36,17-15-13-11-12-14-16-24(33)34)23-20-28(5,6)32(10)29(7,8)21-23;1-20(2)15-17(16-21(3,4)22(20)5)26-19(24)14-12-10-8-7-9-11-13-18(23)25-6/h22-23H,11-21H2,1-10H3,(H,33,34)(H,35,36);17H,7-16H2,1-6H3. The van der Waals surface area contributed by atoms with Crippen molar-refractivity contribution in [1.29, 1.82) is 0 Å². The van der Waals surface area contributed by atoms with Crippen LogP contribution in [0.25, 0.3) is 0 Å². The Kier molecular flexibility index (Phi) is 20.5. The Morgan fingerprint density at radius 2 is 0.790 bits per heavy atom. The average molecular weight is 878 g/mol. The van der Waals surface area contributed by atoms with Gasteiger partial charge in [-0.3, -0.25) is 33.9 Å². The summed E-state index contributed by atoms with van der Waals surface area (Å²) < 4.78 is 10.4. The van der Waals surface area contributed by atoms with Crippen molar-refractivity contribution in [1.82, 2.24) is 14.7 Å². The minimum absolute atomic E-state index is 0.0158. The Bertz CT molecular complexity index is 1360. The predicted molar refractivity (Wildman–Crippen MR) is 251 cm³/mol. The molecule has 0 radical (unpaired) electrons. The minimum atomic E-state index is -0.757. The van der Waals surface area contributed by atoms with Crippen molar-refractivity contribution in [2.75, 3.05) is 28.3 Å². The number of carboxylic acid groups (broad SMARTS) is 2. The lowest BCUT2D eigenvalue weighted by Gasteiger charge is -2.61. The quantitative estimate of drug-likeness (QED) is 0.0842. The topological polar surface area (TPSA) is 137 Å². The number of hydrogen-bond donors (Lipinski definition) is 2. The molecule has 3 saturated heterocycles. The summed E-state index contributed by atoms with van der Waals surface area (Å²) >= 11 is 0. The van der Waals surface area contributed by atoms with Crippen LogP contribution in [-0.2, 0) is 28.7 Å². The highest BCUT2D eigenvalue weighted by atomic mass is 16.5. The van der Waals surface area contributed by atoms with Gasteiger partial charge in [0.25, 0.3) is 0 Å². The molecule has 2 N–H and O–H groups in total. The Hall–Kier alpha value is -2.24. The van der Waals surface area contributed by atoms with E-state index in [9.17, 15) is 24.3 Å². The van der Waals surface area contributed by atoms with E-state index < -0.39 is 17.4 Å². The third-order valence-electron chi connectivity index (χ3n) is 16.3. The van der Waals surface area contributed by atoms with Gasteiger partial charge in [-0.1, -0.05) is 51.4 Å². The van der Waals surface area contributed by atoms with Gasteiger partial charge in [-0.2, -0.15) is 0 Å². The zero-order valence-corrected chi connectivity index (χ0v) is 42.8. The van der Waals surface area contributed by atoms with Crippen molar-refractivity contribution in [3.05, 3.63) is 0 Å². The lowest BCUT2D eigenvalue weighted by molar-refractivity contribution is -0.176. The van der Waals surface area contributed by atoms with Gasteiger partial charge in [0.15, 0.2) is 0 Å². The van der Waals surface area contributed by atoms with Crippen LogP contribution in [-0.4, -0.2) is 116 Å². The number of carbonyl (C=O) groups is 4. The van der Waals surface area contributed by atoms with Crippen molar-refractivity contribution in [3.63, 3.8) is 0 Å². The largest absolute Gasteiger partial charge is 0.481 e. The van der Waals surface area contributed by atoms with Crippen LogP contribution in [0.15, 0.2) is 0 Å². The first-order valence-corrected chi connectivity index (χ1v) is 24.3. The van der Waals surface area contributed by atoms with Crippen molar-refractivity contribution >= 4 is 23.9 Å². The molecule has 3 aliphatic rings. The molecule has 3 rings (SSSR count). The normalized spacial score (nSPS) is 22.9. The molecule has 11 nitrogen and oxygen atoms in total. The molecular formula is C51H95N3O8. The molecule has 0 aromatic heterocycles. The summed E-state index contributed by atoms with van der Waals surface area (Å²) in [7, 11) is 7.97. The Morgan fingerprint density at radius 1 is 0.484 bits per heavy atom. The molecule has 11 heteroatoms. The van der Waals surface area contributed by atoms with E-state index in [1.165, 1.54) is 7.11 Å². The van der Waals surface area contributed by atoms with Gasteiger partial charge in [0, 0.05) is 65.3 Å². The number of hydrogen-bond acceptors (Lipinski definition) is 9. The van der Waals surface area contributed by atoms with Gasteiger partial charge in [-0.05, 0) is 167 Å². The van der Waals surface area contributed by atoms with E-state index in [0.717, 1.165) is 103 Å². The second kappa shape index (κ2) is 22.8. The second-order valence-electron chi connectivity index (χ2n) is 23.5. The van der Waals surface area contributed by atoms with E-state index in [4.69, 9.17) is 9.84 Å². The fourth-order valence-corrected chi connectivity index (χ4v) is 11.8. The maximum Gasteiger partial charge on any atom is 0.310 e. The highest BCUT2D eigenvalue weighted by Crippen LogP contribution is 2.58. The molecular weight excluding hydrogens is 783 g/mol. The molecule has 62 heavy (non-hydrogen) atoms. The summed E-state index contributed by atoms with van der Waals surface area (Å²) in [6, 6.07) is 0. The van der Waals surface area contributed by atoms with Crippen molar-refractivity contribution < 1.29 is 38.9 Å². The smallest absolute Gasteiger partial charge is 0.310 e. The van der Waals surface area contributed by atoms with Crippen molar-refractivity contribution in [3.8, 4) is 0 Å². The molecule has 0 amide bonds. The fraction of sp³-hybridized carbons (Fsp3) is 0.922. The van der Waals surface area contributed by atoms with E-state index in [1.54, 1.807) is 0 Å². The van der Waals surface area contributed by atoms with Gasteiger partial charge >= 0.3 is 23.9 Å². The Balaban J connectivity index is 0.000000451. The van der Waals surface area contributed by atoms with E-state index in [0.29, 0.717) is 25.7 Å². The van der Waals surface area contributed by atoms with Gasteiger partial charge < -0.3 is 19.7 Å². The monoisotopic (exact) mass is 878 g/mol. The van der Waals surface area contributed by atoms with Gasteiger partial charge in [-0.15, -0.1) is 0 Å². The molecule has 0 aliphatic carbocycles. The molecule has 0 aromatic carbocycles. The van der Waals surface area contributed by atoms with Gasteiger partial charge in [0.05, 0.1) is 12.5 Å². The van der Waals surface area contributed by atoms with E-state index >= 15 is 0 Å². The third-order valence-corrected chi connectivity index (χ3v) is 16.3. The molecule has 362 valence electrons. The average Bonchev–Trinajstić information content (AvgIpc) is 3.13. The number of ether oxygens (including phenoxy) is 2. The fourth-order valence-electron chi connectivity index (χ4n) is 11.8. The van der Waals surface area contributed by atoms with Crippen LogP contribution >= 0.6 is 0 Å². The van der Waals surface area contributed by atoms with Gasteiger partial charge in [0.1, 0.15) is 6.10 Å². The summed E-state index contributed by atoms with van der Waals surface area (Å²) in [5, 5.41) is 20.1. The number of aliphatic carboxylic acids is 2. The third kappa shape index (κ3) is 15.4. The molecule has 3 heterocycles. The number of carbonyl (C=O) groups excluding carboxylic acids is 2. The number of piperidine rings is 3. The zero-order chi connectivity index (χ0) is 47.5. The molecule has 3 fully saturated rings. The van der Waals surface area contributed by atoms with Crippen LogP contribution in [0.3, 0.4) is 0 Å². The molecule has 3 aliphatic heterocycles. The number of methoxy groups -OCH3 is 1. The maximum absolute atomic E-state index is 13.6. The second-order valence-corrected chi connectivity index (χ2v) is 23.5. The lowest BCUT2D eigenvalue weighted by Crippen LogP contribution is -2.65.